The lowest BCUT2D eigenvalue weighted by molar-refractivity contribution is 0.103. The van der Waals surface area contributed by atoms with Crippen molar-refractivity contribution in [2.75, 3.05) is 39.3 Å². The molecule has 5 nitrogen and oxygen atoms in total. The van der Waals surface area contributed by atoms with E-state index in [1.165, 1.54) is 0 Å². The Hall–Kier alpha value is -2.53. The predicted molar refractivity (Wildman–Crippen MR) is 97.2 cm³/mol. The highest BCUT2D eigenvalue weighted by Crippen LogP contribution is 2.16. The molecule has 3 rings (SSSR count). The molecule has 0 aliphatic carbocycles. The second-order valence-electron chi connectivity index (χ2n) is 6.12. The molecule has 1 saturated heterocycles. The highest BCUT2D eigenvalue weighted by Gasteiger charge is 2.22. The van der Waals surface area contributed by atoms with E-state index in [4.69, 9.17) is 9.47 Å². The molecule has 1 aliphatic heterocycles. The van der Waals surface area contributed by atoms with E-state index in [1.54, 1.807) is 17.0 Å². The molecule has 0 aromatic heterocycles. The van der Waals surface area contributed by atoms with E-state index in [9.17, 15) is 4.79 Å². The number of carbonyl (C=O) groups is 1. The molecular weight excluding hydrogens is 316 g/mol. The number of amides is 1. The first-order valence-electron chi connectivity index (χ1n) is 8.65. The number of para-hydroxylation sites is 2. The van der Waals surface area contributed by atoms with Gasteiger partial charge in [0.2, 0.25) is 0 Å². The molecule has 0 atom stereocenters. The number of ether oxygens (including phenoxy) is 2. The molecular formula is C20H24N2O3. The summed E-state index contributed by atoms with van der Waals surface area (Å²) < 4.78 is 11.2. The van der Waals surface area contributed by atoms with Crippen molar-refractivity contribution in [3.63, 3.8) is 0 Å². The molecule has 1 amide bonds. The second-order valence-corrected chi connectivity index (χ2v) is 6.12. The number of carbonyl (C=O) groups excluding carboxylic acids is 1. The second kappa shape index (κ2) is 8.53. The average molecular weight is 340 g/mol. The SMILES string of the molecule is Cc1ccccc1OCCN1CCN(C(=O)Oc2ccccc2)CC1. The van der Waals surface area contributed by atoms with Gasteiger partial charge in [0.25, 0.3) is 0 Å². The van der Waals surface area contributed by atoms with Crippen LogP contribution in [0.4, 0.5) is 4.79 Å². The number of piperazine rings is 1. The van der Waals surface area contributed by atoms with Gasteiger partial charge in [0.1, 0.15) is 18.1 Å². The fourth-order valence-electron chi connectivity index (χ4n) is 2.81. The average Bonchev–Trinajstić information content (AvgIpc) is 2.65. The van der Waals surface area contributed by atoms with Crippen LogP contribution in [0.1, 0.15) is 5.56 Å². The summed E-state index contributed by atoms with van der Waals surface area (Å²) >= 11 is 0. The van der Waals surface area contributed by atoms with Crippen molar-refractivity contribution in [1.82, 2.24) is 9.80 Å². The zero-order valence-electron chi connectivity index (χ0n) is 14.6. The number of aryl methyl sites for hydroxylation is 1. The van der Waals surface area contributed by atoms with Gasteiger partial charge < -0.3 is 14.4 Å². The largest absolute Gasteiger partial charge is 0.492 e. The third-order valence-electron chi connectivity index (χ3n) is 4.34. The molecule has 0 saturated carbocycles. The summed E-state index contributed by atoms with van der Waals surface area (Å²) in [5.41, 5.74) is 1.15. The van der Waals surface area contributed by atoms with E-state index in [2.05, 4.69) is 4.90 Å². The molecule has 0 radical (unpaired) electrons. The van der Waals surface area contributed by atoms with Crippen LogP contribution in [0, 0.1) is 6.92 Å². The maximum absolute atomic E-state index is 12.2. The van der Waals surface area contributed by atoms with Crippen LogP contribution in [0.15, 0.2) is 54.6 Å². The van der Waals surface area contributed by atoms with Gasteiger partial charge >= 0.3 is 6.09 Å². The van der Waals surface area contributed by atoms with Crippen molar-refractivity contribution in [2.45, 2.75) is 6.92 Å². The van der Waals surface area contributed by atoms with Crippen LogP contribution in [-0.4, -0.2) is 55.2 Å². The highest BCUT2D eigenvalue weighted by atomic mass is 16.6. The van der Waals surface area contributed by atoms with E-state index < -0.39 is 0 Å². The van der Waals surface area contributed by atoms with Crippen LogP contribution >= 0.6 is 0 Å². The molecule has 2 aromatic carbocycles. The van der Waals surface area contributed by atoms with E-state index in [0.717, 1.165) is 30.9 Å². The summed E-state index contributed by atoms with van der Waals surface area (Å²) in [5, 5.41) is 0. The Morgan fingerprint density at radius 1 is 0.960 bits per heavy atom. The Labute approximate surface area is 148 Å². The first-order chi connectivity index (χ1) is 12.2. The Morgan fingerprint density at radius 2 is 1.64 bits per heavy atom. The summed E-state index contributed by atoms with van der Waals surface area (Å²) in [5.74, 6) is 1.52. The molecule has 132 valence electrons. The van der Waals surface area contributed by atoms with Gasteiger partial charge in [0.15, 0.2) is 0 Å². The third-order valence-corrected chi connectivity index (χ3v) is 4.34. The predicted octanol–water partition coefficient (Wildman–Crippen LogP) is 3.19. The van der Waals surface area contributed by atoms with Gasteiger partial charge in [-0.3, -0.25) is 4.90 Å². The highest BCUT2D eigenvalue weighted by molar-refractivity contribution is 5.70. The first-order valence-corrected chi connectivity index (χ1v) is 8.65. The van der Waals surface area contributed by atoms with Gasteiger partial charge in [0, 0.05) is 32.7 Å². The van der Waals surface area contributed by atoms with Crippen molar-refractivity contribution < 1.29 is 14.3 Å². The normalized spacial score (nSPS) is 15.0. The van der Waals surface area contributed by atoms with Crippen LogP contribution in [0.3, 0.4) is 0 Å². The van der Waals surface area contributed by atoms with Crippen LogP contribution < -0.4 is 9.47 Å². The van der Waals surface area contributed by atoms with E-state index in [-0.39, 0.29) is 6.09 Å². The van der Waals surface area contributed by atoms with Crippen molar-refractivity contribution in [3.05, 3.63) is 60.2 Å². The summed E-state index contributed by atoms with van der Waals surface area (Å²) in [7, 11) is 0. The lowest BCUT2D eigenvalue weighted by Crippen LogP contribution is -2.50. The summed E-state index contributed by atoms with van der Waals surface area (Å²) in [6, 6.07) is 17.2. The maximum Gasteiger partial charge on any atom is 0.415 e. The fourth-order valence-corrected chi connectivity index (χ4v) is 2.81. The number of hydrogen-bond acceptors (Lipinski definition) is 4. The molecule has 2 aromatic rings. The van der Waals surface area contributed by atoms with Crippen molar-refractivity contribution in [3.8, 4) is 11.5 Å². The van der Waals surface area contributed by atoms with Crippen LogP contribution in [0.25, 0.3) is 0 Å². The van der Waals surface area contributed by atoms with E-state index in [0.29, 0.717) is 25.4 Å². The van der Waals surface area contributed by atoms with E-state index >= 15 is 0 Å². The Kier molecular flexibility index (Phi) is 5.90. The third kappa shape index (κ3) is 4.97. The van der Waals surface area contributed by atoms with Gasteiger partial charge in [-0.05, 0) is 30.7 Å². The van der Waals surface area contributed by atoms with Crippen molar-refractivity contribution in [2.24, 2.45) is 0 Å². The van der Waals surface area contributed by atoms with Gasteiger partial charge in [-0.1, -0.05) is 36.4 Å². The van der Waals surface area contributed by atoms with Gasteiger partial charge in [-0.15, -0.1) is 0 Å². The minimum absolute atomic E-state index is 0.276. The summed E-state index contributed by atoms with van der Waals surface area (Å²) in [4.78, 5) is 16.2. The molecule has 0 unspecified atom stereocenters. The Morgan fingerprint density at radius 3 is 2.36 bits per heavy atom. The lowest BCUT2D eigenvalue weighted by atomic mass is 10.2. The Bertz CT molecular complexity index is 682. The number of hydrogen-bond donors (Lipinski definition) is 0. The van der Waals surface area contributed by atoms with Gasteiger partial charge in [0.05, 0.1) is 0 Å². The summed E-state index contributed by atoms with van der Waals surface area (Å²) in [6.45, 7) is 6.58. The molecule has 1 heterocycles. The minimum Gasteiger partial charge on any atom is -0.492 e. The van der Waals surface area contributed by atoms with Crippen LogP contribution in [0.2, 0.25) is 0 Å². The standard InChI is InChI=1S/C20H24N2O3/c1-17-7-5-6-10-19(17)24-16-15-21-11-13-22(14-12-21)20(23)25-18-8-3-2-4-9-18/h2-10H,11-16H2,1H3. The van der Waals surface area contributed by atoms with Crippen molar-refractivity contribution >= 4 is 6.09 Å². The molecule has 5 heteroatoms. The van der Waals surface area contributed by atoms with Gasteiger partial charge in [-0.25, -0.2) is 4.79 Å². The molecule has 0 N–H and O–H groups in total. The van der Waals surface area contributed by atoms with E-state index in [1.807, 2.05) is 49.4 Å². The quantitative estimate of drug-likeness (QED) is 0.838. The van der Waals surface area contributed by atoms with Crippen LogP contribution in [-0.2, 0) is 0 Å². The summed E-state index contributed by atoms with van der Waals surface area (Å²) in [6.07, 6.45) is -0.276. The number of nitrogens with zero attached hydrogens (tertiary/aromatic N) is 2. The zero-order chi connectivity index (χ0) is 17.5. The minimum atomic E-state index is -0.276. The molecule has 0 spiro atoms. The topological polar surface area (TPSA) is 42.0 Å². The molecule has 25 heavy (non-hydrogen) atoms. The zero-order valence-corrected chi connectivity index (χ0v) is 14.6. The fraction of sp³-hybridized carbons (Fsp3) is 0.350. The smallest absolute Gasteiger partial charge is 0.415 e. The molecule has 1 fully saturated rings. The van der Waals surface area contributed by atoms with Crippen molar-refractivity contribution in [1.29, 1.82) is 0 Å². The first kappa shape index (κ1) is 17.3. The number of benzene rings is 2. The Balaban J connectivity index is 1.38. The molecule has 1 aliphatic rings. The maximum atomic E-state index is 12.2. The number of rotatable bonds is 5. The van der Waals surface area contributed by atoms with Gasteiger partial charge in [-0.2, -0.15) is 0 Å². The molecule has 0 bridgehead atoms. The monoisotopic (exact) mass is 340 g/mol. The lowest BCUT2D eigenvalue weighted by Gasteiger charge is -2.33. The van der Waals surface area contributed by atoms with Crippen LogP contribution in [0.5, 0.6) is 11.5 Å².